The molecule has 1 aromatic heterocycles. The number of carbonyl (C=O) groups is 1. The standard InChI is InChI=1S/C30H22Br2ClFN2O4S/c1-3-39-29(38)25-16(2)35-30-36(26(25)20-9-5-6-10-22(20)33)28(37)24(41-30)13-18-12-19(31)14-21(32)27(18)40-15-17-8-4-7-11-23(17)34/h4-14,26H,3,15H2,1-2H3/b24-13-/t26-/m1/s1. The summed E-state index contributed by atoms with van der Waals surface area (Å²) in [6, 6.07) is 16.2. The van der Waals surface area contributed by atoms with Crippen molar-refractivity contribution in [3.05, 3.63) is 128 Å². The zero-order valence-corrected chi connectivity index (χ0v) is 26.5. The fourth-order valence-electron chi connectivity index (χ4n) is 4.53. The Hall–Kier alpha value is -3.05. The lowest BCUT2D eigenvalue weighted by Crippen LogP contribution is -2.40. The third-order valence-electron chi connectivity index (χ3n) is 6.37. The number of ether oxygens (including phenoxy) is 2. The van der Waals surface area contributed by atoms with Crippen molar-refractivity contribution in [2.45, 2.75) is 26.5 Å². The first kappa shape index (κ1) is 29.4. The van der Waals surface area contributed by atoms with Gasteiger partial charge in [0.25, 0.3) is 5.56 Å². The van der Waals surface area contributed by atoms with Crippen LogP contribution in [0.5, 0.6) is 5.75 Å². The van der Waals surface area contributed by atoms with E-state index < -0.39 is 12.0 Å². The summed E-state index contributed by atoms with van der Waals surface area (Å²) >= 11 is 14.8. The smallest absolute Gasteiger partial charge is 0.338 e. The molecule has 1 aliphatic rings. The Labute approximate surface area is 260 Å². The van der Waals surface area contributed by atoms with E-state index in [4.69, 9.17) is 21.1 Å². The lowest BCUT2D eigenvalue weighted by molar-refractivity contribution is -0.139. The Bertz CT molecular complexity index is 1890. The quantitative estimate of drug-likeness (QED) is 0.200. The van der Waals surface area contributed by atoms with Crippen molar-refractivity contribution in [2.24, 2.45) is 4.99 Å². The van der Waals surface area contributed by atoms with Gasteiger partial charge >= 0.3 is 5.97 Å². The van der Waals surface area contributed by atoms with E-state index in [2.05, 4.69) is 36.9 Å². The van der Waals surface area contributed by atoms with Crippen LogP contribution in [0.15, 0.2) is 90.7 Å². The van der Waals surface area contributed by atoms with E-state index in [0.29, 0.717) is 47.0 Å². The molecular formula is C30H22Br2ClFN2O4S. The highest BCUT2D eigenvalue weighted by atomic mass is 79.9. The third kappa shape index (κ3) is 5.97. The summed E-state index contributed by atoms with van der Waals surface area (Å²) in [6.07, 6.45) is 1.70. The predicted molar refractivity (Wildman–Crippen MR) is 164 cm³/mol. The monoisotopic (exact) mass is 718 g/mol. The summed E-state index contributed by atoms with van der Waals surface area (Å²) < 4.78 is 28.9. The molecular weight excluding hydrogens is 699 g/mol. The van der Waals surface area contributed by atoms with Crippen LogP contribution in [0.2, 0.25) is 5.02 Å². The maximum Gasteiger partial charge on any atom is 0.338 e. The van der Waals surface area contributed by atoms with Gasteiger partial charge in [-0.2, -0.15) is 0 Å². The molecule has 0 spiro atoms. The van der Waals surface area contributed by atoms with Gasteiger partial charge in [-0.1, -0.05) is 75.3 Å². The second-order valence-electron chi connectivity index (χ2n) is 9.01. The number of halogens is 4. The molecule has 4 aromatic rings. The van der Waals surface area contributed by atoms with Crippen LogP contribution in [0.25, 0.3) is 6.08 Å². The van der Waals surface area contributed by atoms with Crippen molar-refractivity contribution in [3.8, 4) is 5.75 Å². The van der Waals surface area contributed by atoms with Gasteiger partial charge in [0.2, 0.25) is 0 Å². The highest BCUT2D eigenvalue weighted by molar-refractivity contribution is 9.11. The summed E-state index contributed by atoms with van der Waals surface area (Å²) in [7, 11) is 0. The van der Waals surface area contributed by atoms with Crippen LogP contribution < -0.4 is 19.6 Å². The molecule has 0 unspecified atom stereocenters. The SMILES string of the molecule is CCOC(=O)C1=C(C)N=c2s/c(=C\c3cc(Br)cc(Br)c3OCc3ccccc3F)c(=O)n2[C@@H]1c1ccccc1Cl. The summed E-state index contributed by atoms with van der Waals surface area (Å²) in [5, 5.41) is 0.406. The minimum atomic E-state index is -0.827. The van der Waals surface area contributed by atoms with Gasteiger partial charge in [-0.15, -0.1) is 0 Å². The first-order valence-corrected chi connectivity index (χ1v) is 15.3. The maximum absolute atomic E-state index is 14.3. The largest absolute Gasteiger partial charge is 0.487 e. The average Bonchev–Trinajstić information content (AvgIpc) is 3.22. The van der Waals surface area contributed by atoms with Gasteiger partial charge in [0.15, 0.2) is 4.80 Å². The molecule has 0 bridgehead atoms. The van der Waals surface area contributed by atoms with Crippen LogP contribution in [-0.4, -0.2) is 17.1 Å². The van der Waals surface area contributed by atoms with Gasteiger partial charge in [0, 0.05) is 20.6 Å². The highest BCUT2D eigenvalue weighted by Crippen LogP contribution is 2.36. The lowest BCUT2D eigenvalue weighted by Gasteiger charge is -2.25. The highest BCUT2D eigenvalue weighted by Gasteiger charge is 2.34. The Morgan fingerprint density at radius 1 is 1.17 bits per heavy atom. The van der Waals surface area contributed by atoms with E-state index in [-0.39, 0.29) is 30.2 Å². The molecule has 2 heterocycles. The average molecular weight is 721 g/mol. The second kappa shape index (κ2) is 12.4. The number of fused-ring (bicyclic) bond motifs is 1. The van der Waals surface area contributed by atoms with Crippen LogP contribution in [0, 0.1) is 5.82 Å². The summed E-state index contributed by atoms with van der Waals surface area (Å²) in [6.45, 7) is 3.59. The Kier molecular flexibility index (Phi) is 8.94. The van der Waals surface area contributed by atoms with Gasteiger partial charge in [0.1, 0.15) is 24.2 Å². The van der Waals surface area contributed by atoms with E-state index in [9.17, 15) is 14.0 Å². The number of esters is 1. The summed E-state index contributed by atoms with van der Waals surface area (Å²) in [4.78, 5) is 32.1. The number of carbonyl (C=O) groups excluding carboxylic acids is 1. The lowest BCUT2D eigenvalue weighted by atomic mass is 9.96. The van der Waals surface area contributed by atoms with Gasteiger partial charge in [0.05, 0.1) is 26.9 Å². The zero-order chi connectivity index (χ0) is 29.3. The van der Waals surface area contributed by atoms with Crippen molar-refractivity contribution in [3.63, 3.8) is 0 Å². The number of nitrogens with zero attached hydrogens (tertiary/aromatic N) is 2. The molecule has 0 N–H and O–H groups in total. The topological polar surface area (TPSA) is 69.9 Å². The van der Waals surface area contributed by atoms with Gasteiger partial charge in [-0.3, -0.25) is 9.36 Å². The molecule has 0 saturated carbocycles. The molecule has 1 atom stereocenters. The summed E-state index contributed by atoms with van der Waals surface area (Å²) in [5.41, 5.74) is 1.90. The fraction of sp³-hybridized carbons (Fsp3) is 0.167. The van der Waals surface area contributed by atoms with Crippen LogP contribution in [0.3, 0.4) is 0 Å². The first-order chi connectivity index (χ1) is 19.7. The van der Waals surface area contributed by atoms with Crippen LogP contribution in [0.1, 0.15) is 36.6 Å². The van der Waals surface area contributed by atoms with E-state index in [0.717, 1.165) is 4.47 Å². The van der Waals surface area contributed by atoms with Crippen LogP contribution in [0.4, 0.5) is 4.39 Å². The molecule has 1 aliphatic heterocycles. The minimum Gasteiger partial charge on any atom is -0.487 e. The molecule has 3 aromatic carbocycles. The first-order valence-electron chi connectivity index (χ1n) is 12.5. The van der Waals surface area contributed by atoms with E-state index in [1.165, 1.54) is 22.0 Å². The van der Waals surface area contributed by atoms with Crippen molar-refractivity contribution >= 4 is 66.8 Å². The Morgan fingerprint density at radius 3 is 2.63 bits per heavy atom. The van der Waals surface area contributed by atoms with E-state index in [1.54, 1.807) is 68.5 Å². The van der Waals surface area contributed by atoms with Gasteiger partial charge < -0.3 is 9.47 Å². The van der Waals surface area contributed by atoms with Gasteiger partial charge in [-0.25, -0.2) is 14.2 Å². The Morgan fingerprint density at radius 2 is 1.90 bits per heavy atom. The number of hydrogen-bond donors (Lipinski definition) is 0. The molecule has 41 heavy (non-hydrogen) atoms. The Balaban J connectivity index is 1.67. The fourth-order valence-corrected chi connectivity index (χ4v) is 7.18. The predicted octanol–water partition coefficient (Wildman–Crippen LogP) is 6.69. The number of aromatic nitrogens is 1. The van der Waals surface area contributed by atoms with Crippen LogP contribution in [-0.2, 0) is 16.1 Å². The number of hydrogen-bond acceptors (Lipinski definition) is 6. The summed E-state index contributed by atoms with van der Waals surface area (Å²) in [5.74, 6) is -0.496. The maximum atomic E-state index is 14.3. The molecule has 5 rings (SSSR count). The molecule has 0 aliphatic carbocycles. The normalized spacial score (nSPS) is 15.0. The molecule has 210 valence electrons. The number of rotatable bonds is 7. The second-order valence-corrected chi connectivity index (χ2v) is 12.2. The number of benzene rings is 3. The molecule has 0 saturated heterocycles. The van der Waals surface area contributed by atoms with Crippen molar-refractivity contribution < 1.29 is 18.7 Å². The third-order valence-corrected chi connectivity index (χ3v) is 8.74. The molecule has 11 heteroatoms. The van der Waals surface area contributed by atoms with Crippen molar-refractivity contribution in [2.75, 3.05) is 6.61 Å². The number of thiazole rings is 1. The van der Waals surface area contributed by atoms with Gasteiger partial charge in [-0.05, 0) is 65.7 Å². The minimum absolute atomic E-state index is 0.0103. The number of allylic oxidation sites excluding steroid dienone is 1. The van der Waals surface area contributed by atoms with E-state index in [1.807, 2.05) is 6.07 Å². The molecule has 0 radical (unpaired) electrons. The zero-order valence-electron chi connectivity index (χ0n) is 21.8. The molecule has 6 nitrogen and oxygen atoms in total. The van der Waals surface area contributed by atoms with Crippen molar-refractivity contribution in [1.29, 1.82) is 0 Å². The van der Waals surface area contributed by atoms with Crippen molar-refractivity contribution in [1.82, 2.24) is 4.57 Å². The van der Waals surface area contributed by atoms with Crippen LogP contribution >= 0.6 is 54.8 Å². The van der Waals surface area contributed by atoms with E-state index >= 15 is 0 Å². The molecule has 0 fully saturated rings. The molecule has 0 amide bonds.